The standard InChI is InChI=1S/C29H41NO4/c1-2-3-4-5-6-7-8-9-10-11-12-13-22-34-26-18-16-25(17-19-26)30-29(33)21-15-24-14-20-27(31)28(32)23-24/h14-21,23,31-32H,2-13,22H2,1H3,(H,30,33). The van der Waals surface area contributed by atoms with E-state index in [1.165, 1.54) is 88.8 Å². The molecule has 0 aliphatic rings. The number of amides is 1. The van der Waals surface area contributed by atoms with E-state index in [0.29, 0.717) is 17.9 Å². The molecule has 0 atom stereocenters. The Bertz CT molecular complexity index is 861. The van der Waals surface area contributed by atoms with Gasteiger partial charge < -0.3 is 20.3 Å². The Morgan fingerprint density at radius 1 is 0.794 bits per heavy atom. The molecule has 5 heteroatoms. The van der Waals surface area contributed by atoms with Crippen LogP contribution >= 0.6 is 0 Å². The number of aromatic hydroxyl groups is 2. The third-order valence-corrected chi connectivity index (χ3v) is 5.82. The predicted molar refractivity (Wildman–Crippen MR) is 140 cm³/mol. The van der Waals surface area contributed by atoms with Crippen LogP contribution in [0.4, 0.5) is 5.69 Å². The Hall–Kier alpha value is -2.95. The van der Waals surface area contributed by atoms with Crippen LogP contribution in [0.3, 0.4) is 0 Å². The summed E-state index contributed by atoms with van der Waals surface area (Å²) in [5.41, 5.74) is 1.30. The van der Waals surface area contributed by atoms with Crippen LogP contribution in [0.5, 0.6) is 17.2 Å². The van der Waals surface area contributed by atoms with Gasteiger partial charge in [-0.15, -0.1) is 0 Å². The molecular weight excluding hydrogens is 426 g/mol. The van der Waals surface area contributed by atoms with Gasteiger partial charge in [0, 0.05) is 11.8 Å². The summed E-state index contributed by atoms with van der Waals surface area (Å²) in [6.07, 6.45) is 18.9. The van der Waals surface area contributed by atoms with E-state index < -0.39 is 0 Å². The molecule has 0 aromatic heterocycles. The number of hydrogen-bond acceptors (Lipinski definition) is 4. The second kappa shape index (κ2) is 16.6. The molecule has 0 unspecified atom stereocenters. The quantitative estimate of drug-likeness (QED) is 0.126. The average Bonchev–Trinajstić information content (AvgIpc) is 2.84. The molecule has 0 aliphatic heterocycles. The molecule has 0 fully saturated rings. The fourth-order valence-corrected chi connectivity index (χ4v) is 3.77. The number of carbonyl (C=O) groups excluding carboxylic acids is 1. The maximum atomic E-state index is 12.1. The van der Waals surface area contributed by atoms with Crippen LogP contribution in [-0.2, 0) is 4.79 Å². The van der Waals surface area contributed by atoms with Gasteiger partial charge in [-0.2, -0.15) is 0 Å². The van der Waals surface area contributed by atoms with Crippen LogP contribution < -0.4 is 10.1 Å². The van der Waals surface area contributed by atoms with Gasteiger partial charge in [-0.25, -0.2) is 0 Å². The molecule has 0 spiro atoms. The van der Waals surface area contributed by atoms with Crippen molar-refractivity contribution in [3.05, 3.63) is 54.1 Å². The van der Waals surface area contributed by atoms with E-state index in [1.54, 1.807) is 12.1 Å². The number of hydrogen-bond donors (Lipinski definition) is 3. The Kier molecular flexibility index (Phi) is 13.4. The van der Waals surface area contributed by atoms with Gasteiger partial charge in [-0.05, 0) is 54.5 Å². The molecule has 2 aromatic carbocycles. The topological polar surface area (TPSA) is 78.8 Å². The van der Waals surface area contributed by atoms with Gasteiger partial charge in [0.1, 0.15) is 5.75 Å². The number of carbonyl (C=O) groups is 1. The zero-order valence-electron chi connectivity index (χ0n) is 20.6. The molecule has 34 heavy (non-hydrogen) atoms. The normalized spacial score (nSPS) is 11.1. The van der Waals surface area contributed by atoms with Gasteiger partial charge in [0.2, 0.25) is 5.91 Å². The molecule has 0 saturated carbocycles. The lowest BCUT2D eigenvalue weighted by atomic mass is 10.1. The summed E-state index contributed by atoms with van der Waals surface area (Å²) < 4.78 is 5.81. The van der Waals surface area contributed by atoms with Crippen molar-refractivity contribution >= 4 is 17.7 Å². The Labute approximate surface area is 204 Å². The minimum Gasteiger partial charge on any atom is -0.504 e. The van der Waals surface area contributed by atoms with Crippen molar-refractivity contribution in [2.75, 3.05) is 11.9 Å². The predicted octanol–water partition coefficient (Wildman–Crippen LogP) is 7.83. The summed E-state index contributed by atoms with van der Waals surface area (Å²) in [5, 5.41) is 21.6. The van der Waals surface area contributed by atoms with E-state index in [2.05, 4.69) is 12.2 Å². The highest BCUT2D eigenvalue weighted by molar-refractivity contribution is 6.01. The summed E-state index contributed by atoms with van der Waals surface area (Å²) in [6, 6.07) is 11.7. The van der Waals surface area contributed by atoms with Crippen molar-refractivity contribution < 1.29 is 19.7 Å². The monoisotopic (exact) mass is 467 g/mol. The first-order valence-corrected chi connectivity index (χ1v) is 12.8. The van der Waals surface area contributed by atoms with Crippen molar-refractivity contribution in [2.45, 2.75) is 84.0 Å². The minimum atomic E-state index is -0.280. The summed E-state index contributed by atoms with van der Waals surface area (Å²) in [6.45, 7) is 2.98. The summed E-state index contributed by atoms with van der Waals surface area (Å²) in [4.78, 5) is 12.1. The first-order valence-electron chi connectivity index (χ1n) is 12.8. The number of nitrogens with one attached hydrogen (secondary N) is 1. The number of phenols is 2. The highest BCUT2D eigenvalue weighted by Gasteiger charge is 2.02. The zero-order valence-corrected chi connectivity index (χ0v) is 20.6. The van der Waals surface area contributed by atoms with E-state index >= 15 is 0 Å². The van der Waals surface area contributed by atoms with Crippen LogP contribution in [0.25, 0.3) is 6.08 Å². The van der Waals surface area contributed by atoms with E-state index in [0.717, 1.165) is 12.2 Å². The van der Waals surface area contributed by atoms with Crippen LogP contribution in [0.2, 0.25) is 0 Å². The third-order valence-electron chi connectivity index (χ3n) is 5.82. The molecule has 0 radical (unpaired) electrons. The largest absolute Gasteiger partial charge is 0.504 e. The minimum absolute atomic E-state index is 0.192. The molecule has 0 heterocycles. The summed E-state index contributed by atoms with van der Waals surface area (Å²) in [5.74, 6) is 0.110. The maximum absolute atomic E-state index is 12.1. The lowest BCUT2D eigenvalue weighted by Crippen LogP contribution is -2.07. The molecule has 5 nitrogen and oxygen atoms in total. The summed E-state index contributed by atoms with van der Waals surface area (Å²) in [7, 11) is 0. The molecule has 2 aromatic rings. The van der Waals surface area contributed by atoms with Crippen LogP contribution in [0.1, 0.15) is 89.5 Å². The maximum Gasteiger partial charge on any atom is 0.248 e. The lowest BCUT2D eigenvalue weighted by molar-refractivity contribution is -0.111. The van der Waals surface area contributed by atoms with E-state index in [1.807, 2.05) is 24.3 Å². The summed E-state index contributed by atoms with van der Waals surface area (Å²) >= 11 is 0. The third kappa shape index (κ3) is 11.8. The average molecular weight is 468 g/mol. The number of ether oxygens (including phenoxy) is 1. The van der Waals surface area contributed by atoms with Crippen molar-refractivity contribution in [1.29, 1.82) is 0 Å². The SMILES string of the molecule is CCCCCCCCCCCCCCOc1ccc(NC(=O)C=Cc2ccc(O)c(O)c2)cc1. The second-order valence-electron chi connectivity index (χ2n) is 8.83. The zero-order chi connectivity index (χ0) is 24.4. The number of unbranched alkanes of at least 4 members (excludes halogenated alkanes) is 11. The second-order valence-corrected chi connectivity index (χ2v) is 8.83. The van der Waals surface area contributed by atoms with Crippen molar-refractivity contribution in [3.8, 4) is 17.2 Å². The highest BCUT2D eigenvalue weighted by Crippen LogP contribution is 2.25. The fourth-order valence-electron chi connectivity index (χ4n) is 3.77. The molecule has 1 amide bonds. The number of rotatable bonds is 17. The number of benzene rings is 2. The molecule has 2 rings (SSSR count). The van der Waals surface area contributed by atoms with Crippen LogP contribution in [-0.4, -0.2) is 22.7 Å². The van der Waals surface area contributed by atoms with Gasteiger partial charge in [-0.1, -0.05) is 83.6 Å². The van der Waals surface area contributed by atoms with E-state index in [4.69, 9.17) is 4.74 Å². The highest BCUT2D eigenvalue weighted by atomic mass is 16.5. The first-order chi connectivity index (χ1) is 16.6. The Balaban J connectivity index is 1.53. The van der Waals surface area contributed by atoms with Gasteiger partial charge in [0.25, 0.3) is 0 Å². The molecule has 0 aliphatic carbocycles. The molecular formula is C29H41NO4. The van der Waals surface area contributed by atoms with Gasteiger partial charge in [-0.3, -0.25) is 4.79 Å². The smallest absolute Gasteiger partial charge is 0.248 e. The molecule has 3 N–H and O–H groups in total. The molecule has 186 valence electrons. The molecule has 0 saturated heterocycles. The Morgan fingerprint density at radius 3 is 1.97 bits per heavy atom. The van der Waals surface area contributed by atoms with Crippen LogP contribution in [0, 0.1) is 0 Å². The van der Waals surface area contributed by atoms with E-state index in [9.17, 15) is 15.0 Å². The van der Waals surface area contributed by atoms with Gasteiger partial charge in [0.05, 0.1) is 6.61 Å². The van der Waals surface area contributed by atoms with Crippen molar-refractivity contribution in [3.63, 3.8) is 0 Å². The number of phenolic OH excluding ortho intramolecular Hbond substituents is 2. The van der Waals surface area contributed by atoms with Crippen molar-refractivity contribution in [2.24, 2.45) is 0 Å². The van der Waals surface area contributed by atoms with Gasteiger partial charge >= 0.3 is 0 Å². The first kappa shape index (κ1) is 27.3. The fraction of sp³-hybridized carbons (Fsp3) is 0.483. The van der Waals surface area contributed by atoms with Crippen molar-refractivity contribution in [1.82, 2.24) is 0 Å². The number of anilines is 1. The molecule has 0 bridgehead atoms. The lowest BCUT2D eigenvalue weighted by Gasteiger charge is -2.08. The van der Waals surface area contributed by atoms with Gasteiger partial charge in [0.15, 0.2) is 11.5 Å². The van der Waals surface area contributed by atoms with Crippen LogP contribution in [0.15, 0.2) is 48.5 Å². The Morgan fingerprint density at radius 2 is 1.38 bits per heavy atom. The van der Waals surface area contributed by atoms with E-state index in [-0.39, 0.29) is 17.4 Å².